The van der Waals surface area contributed by atoms with Gasteiger partial charge in [0.15, 0.2) is 0 Å². The maximum atomic E-state index is 11.1. The lowest BCUT2D eigenvalue weighted by Gasteiger charge is -2.33. The number of hydrogen-bond donors (Lipinski definition) is 1. The van der Waals surface area contributed by atoms with Crippen LogP contribution in [-0.4, -0.2) is 28.0 Å². The third-order valence-electron chi connectivity index (χ3n) is 4.19. The molecule has 0 radical (unpaired) electrons. The summed E-state index contributed by atoms with van der Waals surface area (Å²) in [4.78, 5) is 20.4. The Hall–Kier alpha value is -2.37. The molecule has 0 aliphatic carbocycles. The number of nitro benzene ring substituents is 1. The Kier molecular flexibility index (Phi) is 3.60. The first-order valence-corrected chi connectivity index (χ1v) is 7.15. The van der Waals surface area contributed by atoms with Crippen molar-refractivity contribution < 1.29 is 4.92 Å². The predicted molar refractivity (Wildman–Crippen MR) is 80.6 cm³/mol. The molecule has 2 heterocycles. The smallest absolute Gasteiger partial charge is 0.292 e. The fourth-order valence-corrected chi connectivity index (χ4v) is 3.08. The van der Waals surface area contributed by atoms with E-state index in [2.05, 4.69) is 14.9 Å². The number of hydrogen-bond acceptors (Lipinski definition) is 4. The molecular weight excluding hydrogens is 268 g/mol. The summed E-state index contributed by atoms with van der Waals surface area (Å²) in [7, 11) is 0. The molecule has 2 aromatic rings. The summed E-state index contributed by atoms with van der Waals surface area (Å²) in [5.74, 6) is 0.464. The van der Waals surface area contributed by atoms with Gasteiger partial charge < -0.3 is 9.88 Å². The van der Waals surface area contributed by atoms with Gasteiger partial charge in [0.05, 0.1) is 16.9 Å². The number of H-pyrrole nitrogens is 1. The van der Waals surface area contributed by atoms with Gasteiger partial charge in [0.25, 0.3) is 5.69 Å². The first-order chi connectivity index (χ1) is 10.2. The summed E-state index contributed by atoms with van der Waals surface area (Å²) >= 11 is 0. The van der Waals surface area contributed by atoms with E-state index in [4.69, 9.17) is 0 Å². The van der Waals surface area contributed by atoms with Crippen molar-refractivity contribution in [2.45, 2.75) is 25.7 Å². The largest absolute Gasteiger partial charge is 0.366 e. The van der Waals surface area contributed by atoms with Gasteiger partial charge in [-0.25, -0.2) is 4.98 Å². The summed E-state index contributed by atoms with van der Waals surface area (Å²) in [6, 6.07) is 6.97. The average molecular weight is 286 g/mol. The van der Waals surface area contributed by atoms with E-state index >= 15 is 0 Å². The molecule has 1 aliphatic heterocycles. The van der Waals surface area contributed by atoms with Crippen molar-refractivity contribution >= 4 is 11.4 Å². The molecule has 1 aromatic carbocycles. The standard InChI is InChI=1S/C15H18N4O2/c1-11-15(17-10-16-11)12-6-8-18(9-7-12)13-4-2-3-5-14(13)19(20)21/h2-5,10,12H,6-9H2,1H3,(H,16,17). The Balaban J connectivity index is 1.75. The zero-order valence-electron chi connectivity index (χ0n) is 12.0. The van der Waals surface area contributed by atoms with E-state index in [-0.39, 0.29) is 10.6 Å². The number of nitro groups is 1. The van der Waals surface area contributed by atoms with Crippen LogP contribution in [0.4, 0.5) is 11.4 Å². The molecular formula is C15H18N4O2. The van der Waals surface area contributed by atoms with Crippen molar-refractivity contribution in [1.29, 1.82) is 0 Å². The summed E-state index contributed by atoms with van der Waals surface area (Å²) in [5, 5.41) is 11.1. The lowest BCUT2D eigenvalue weighted by molar-refractivity contribution is -0.384. The van der Waals surface area contributed by atoms with Gasteiger partial charge in [0.1, 0.15) is 5.69 Å². The van der Waals surface area contributed by atoms with Crippen molar-refractivity contribution in [3.8, 4) is 0 Å². The molecule has 0 saturated carbocycles. The number of nitrogens with zero attached hydrogens (tertiary/aromatic N) is 3. The Morgan fingerprint density at radius 2 is 2.05 bits per heavy atom. The van der Waals surface area contributed by atoms with Crippen LogP contribution in [0.3, 0.4) is 0 Å². The van der Waals surface area contributed by atoms with Crippen molar-refractivity contribution in [2.24, 2.45) is 0 Å². The number of para-hydroxylation sites is 2. The second-order valence-electron chi connectivity index (χ2n) is 5.41. The number of piperidine rings is 1. The van der Waals surface area contributed by atoms with Gasteiger partial charge in [-0.1, -0.05) is 12.1 Å². The third kappa shape index (κ3) is 2.61. The first kappa shape index (κ1) is 13.6. The molecule has 0 amide bonds. The third-order valence-corrected chi connectivity index (χ3v) is 4.19. The molecule has 1 N–H and O–H groups in total. The van der Waals surface area contributed by atoms with E-state index < -0.39 is 0 Å². The minimum atomic E-state index is -0.305. The van der Waals surface area contributed by atoms with E-state index in [9.17, 15) is 10.1 Å². The van der Waals surface area contributed by atoms with E-state index in [1.165, 1.54) is 5.69 Å². The monoisotopic (exact) mass is 286 g/mol. The second kappa shape index (κ2) is 5.55. The number of aryl methyl sites for hydroxylation is 1. The number of rotatable bonds is 3. The SMILES string of the molecule is Cc1nc[nH]c1C1CCN(c2ccccc2[N+](=O)[O-])CC1. The fraction of sp³-hybridized carbons (Fsp3) is 0.400. The first-order valence-electron chi connectivity index (χ1n) is 7.15. The number of nitrogens with one attached hydrogen (secondary N) is 1. The van der Waals surface area contributed by atoms with Gasteiger partial charge >= 0.3 is 0 Å². The molecule has 3 rings (SSSR count). The maximum absolute atomic E-state index is 11.1. The highest BCUT2D eigenvalue weighted by Crippen LogP contribution is 2.34. The van der Waals surface area contributed by atoms with Gasteiger partial charge in [0.2, 0.25) is 0 Å². The topological polar surface area (TPSA) is 75.1 Å². The average Bonchev–Trinajstić information content (AvgIpc) is 2.93. The Morgan fingerprint density at radius 1 is 1.33 bits per heavy atom. The molecule has 0 spiro atoms. The lowest BCUT2D eigenvalue weighted by Crippen LogP contribution is -2.33. The Bertz CT molecular complexity index is 645. The summed E-state index contributed by atoms with van der Waals surface area (Å²) in [6.45, 7) is 3.67. The quantitative estimate of drug-likeness (QED) is 0.695. The van der Waals surface area contributed by atoms with Crippen LogP contribution >= 0.6 is 0 Å². The zero-order valence-corrected chi connectivity index (χ0v) is 12.0. The number of aromatic nitrogens is 2. The molecule has 21 heavy (non-hydrogen) atoms. The molecule has 6 heteroatoms. The number of imidazole rings is 1. The van der Waals surface area contributed by atoms with Crippen LogP contribution in [0.5, 0.6) is 0 Å². The van der Waals surface area contributed by atoms with Gasteiger partial charge in [-0.3, -0.25) is 10.1 Å². The van der Waals surface area contributed by atoms with Crippen LogP contribution in [0.2, 0.25) is 0 Å². The van der Waals surface area contributed by atoms with Crippen LogP contribution in [0.25, 0.3) is 0 Å². The van der Waals surface area contributed by atoms with Crippen LogP contribution in [-0.2, 0) is 0 Å². The molecule has 0 bridgehead atoms. The van der Waals surface area contributed by atoms with Crippen LogP contribution < -0.4 is 4.90 Å². The summed E-state index contributed by atoms with van der Waals surface area (Å²) in [5.41, 5.74) is 3.17. The fourth-order valence-electron chi connectivity index (χ4n) is 3.08. The zero-order chi connectivity index (χ0) is 14.8. The highest BCUT2D eigenvalue weighted by molar-refractivity contribution is 5.63. The second-order valence-corrected chi connectivity index (χ2v) is 5.41. The lowest BCUT2D eigenvalue weighted by atomic mass is 9.92. The normalized spacial score (nSPS) is 16.1. The summed E-state index contributed by atoms with van der Waals surface area (Å²) in [6.07, 6.45) is 3.70. The molecule has 1 fully saturated rings. The molecule has 1 aliphatic rings. The van der Waals surface area contributed by atoms with Gasteiger partial charge in [-0.2, -0.15) is 0 Å². The molecule has 110 valence electrons. The van der Waals surface area contributed by atoms with Crippen LogP contribution in [0.15, 0.2) is 30.6 Å². The van der Waals surface area contributed by atoms with Crippen molar-refractivity contribution in [2.75, 3.05) is 18.0 Å². The van der Waals surface area contributed by atoms with Crippen molar-refractivity contribution in [1.82, 2.24) is 9.97 Å². The molecule has 0 atom stereocenters. The van der Waals surface area contributed by atoms with Crippen molar-refractivity contribution in [3.63, 3.8) is 0 Å². The van der Waals surface area contributed by atoms with Crippen LogP contribution in [0, 0.1) is 17.0 Å². The summed E-state index contributed by atoms with van der Waals surface area (Å²) < 4.78 is 0. The van der Waals surface area contributed by atoms with E-state index in [1.54, 1.807) is 18.5 Å². The number of aromatic amines is 1. The number of anilines is 1. The minimum Gasteiger partial charge on any atom is -0.366 e. The van der Waals surface area contributed by atoms with Gasteiger partial charge in [0, 0.05) is 30.8 Å². The predicted octanol–water partition coefficient (Wildman–Crippen LogP) is 3.01. The highest BCUT2D eigenvalue weighted by Gasteiger charge is 2.26. The van der Waals surface area contributed by atoms with E-state index in [0.717, 1.165) is 37.3 Å². The van der Waals surface area contributed by atoms with Crippen molar-refractivity contribution in [3.05, 3.63) is 52.1 Å². The molecule has 1 aromatic heterocycles. The molecule has 6 nitrogen and oxygen atoms in total. The van der Waals surface area contributed by atoms with Crippen LogP contribution in [0.1, 0.15) is 30.1 Å². The Labute approximate surface area is 123 Å². The van der Waals surface area contributed by atoms with E-state index in [0.29, 0.717) is 5.92 Å². The highest BCUT2D eigenvalue weighted by atomic mass is 16.6. The van der Waals surface area contributed by atoms with Gasteiger partial charge in [-0.05, 0) is 25.8 Å². The Morgan fingerprint density at radius 3 is 2.67 bits per heavy atom. The van der Waals surface area contributed by atoms with E-state index in [1.807, 2.05) is 19.1 Å². The number of benzene rings is 1. The van der Waals surface area contributed by atoms with Gasteiger partial charge in [-0.15, -0.1) is 0 Å². The minimum absolute atomic E-state index is 0.189. The maximum Gasteiger partial charge on any atom is 0.292 e. The molecule has 1 saturated heterocycles. The molecule has 0 unspecified atom stereocenters.